The summed E-state index contributed by atoms with van der Waals surface area (Å²) < 4.78 is 70.3. The Balaban J connectivity index is 1.92. The van der Waals surface area contributed by atoms with Crippen molar-refractivity contribution >= 4 is 15.7 Å². The smallest absolute Gasteiger partial charge is 0.339 e. The van der Waals surface area contributed by atoms with Gasteiger partial charge in [0.05, 0.1) is 10.5 Å². The van der Waals surface area contributed by atoms with Crippen molar-refractivity contribution in [1.29, 1.82) is 0 Å². The third kappa shape index (κ3) is 3.85. The summed E-state index contributed by atoms with van der Waals surface area (Å²) in [5, 5.41) is 3.71. The molecule has 6 nitrogen and oxygen atoms in total. The fourth-order valence-corrected chi connectivity index (χ4v) is 3.29. The summed E-state index contributed by atoms with van der Waals surface area (Å²) >= 11 is 0. The van der Waals surface area contributed by atoms with Gasteiger partial charge in [0.1, 0.15) is 0 Å². The molecule has 10 heteroatoms. The molecule has 0 saturated carbocycles. The van der Waals surface area contributed by atoms with E-state index in [4.69, 9.17) is 4.52 Å². The van der Waals surface area contributed by atoms with Gasteiger partial charge in [0.2, 0.25) is 11.7 Å². The maximum absolute atomic E-state index is 12.8. The Labute approximate surface area is 146 Å². The third-order valence-corrected chi connectivity index (χ3v) is 4.75. The highest BCUT2D eigenvalue weighted by Crippen LogP contribution is 2.31. The average molecular weight is 383 g/mol. The van der Waals surface area contributed by atoms with Crippen LogP contribution in [0, 0.1) is 6.92 Å². The van der Waals surface area contributed by atoms with Gasteiger partial charge < -0.3 is 4.52 Å². The summed E-state index contributed by atoms with van der Waals surface area (Å²) in [6.45, 7) is 1.59. The topological polar surface area (TPSA) is 85.1 Å². The molecule has 0 spiro atoms. The summed E-state index contributed by atoms with van der Waals surface area (Å²) in [6.07, 6.45) is -4.57. The highest BCUT2D eigenvalue weighted by molar-refractivity contribution is 7.92. The molecular weight excluding hydrogens is 371 g/mol. The van der Waals surface area contributed by atoms with Crippen molar-refractivity contribution in [2.45, 2.75) is 18.0 Å². The number of aryl methyl sites for hydroxylation is 1. The molecule has 1 heterocycles. The van der Waals surface area contributed by atoms with E-state index in [0.29, 0.717) is 11.5 Å². The number of nitrogens with one attached hydrogen (secondary N) is 1. The zero-order chi connectivity index (χ0) is 18.9. The number of halogens is 3. The average Bonchev–Trinajstić information content (AvgIpc) is 3.01. The van der Waals surface area contributed by atoms with Crippen molar-refractivity contribution in [2.75, 3.05) is 4.72 Å². The molecule has 3 aromatic rings. The van der Waals surface area contributed by atoms with Crippen LogP contribution in [0.15, 0.2) is 57.9 Å². The van der Waals surface area contributed by atoms with Gasteiger partial charge in [-0.1, -0.05) is 23.4 Å². The molecule has 0 aliphatic heterocycles. The van der Waals surface area contributed by atoms with Crippen molar-refractivity contribution in [2.24, 2.45) is 0 Å². The Morgan fingerprint density at radius 2 is 1.81 bits per heavy atom. The fourth-order valence-electron chi connectivity index (χ4n) is 2.19. The van der Waals surface area contributed by atoms with Crippen LogP contribution >= 0.6 is 0 Å². The Morgan fingerprint density at radius 3 is 2.46 bits per heavy atom. The lowest BCUT2D eigenvalue weighted by Gasteiger charge is -2.11. The predicted octanol–water partition coefficient (Wildman–Crippen LogP) is 3.86. The summed E-state index contributed by atoms with van der Waals surface area (Å²) in [7, 11) is -4.10. The van der Waals surface area contributed by atoms with E-state index in [-0.39, 0.29) is 16.4 Å². The largest absolute Gasteiger partial charge is 0.416 e. The number of nitrogens with zero attached hydrogens (tertiary/aromatic N) is 2. The number of benzene rings is 2. The Hall–Kier alpha value is -2.88. The van der Waals surface area contributed by atoms with Gasteiger partial charge in [-0.05, 0) is 30.3 Å². The Morgan fingerprint density at radius 1 is 1.08 bits per heavy atom. The number of anilines is 1. The number of sulfonamides is 1. The molecule has 3 rings (SSSR count). The minimum atomic E-state index is -4.57. The number of aromatic nitrogens is 2. The van der Waals surface area contributed by atoms with Gasteiger partial charge in [0.25, 0.3) is 10.0 Å². The minimum Gasteiger partial charge on any atom is -0.339 e. The minimum absolute atomic E-state index is 0.144. The van der Waals surface area contributed by atoms with Crippen molar-refractivity contribution in [3.8, 4) is 11.4 Å². The van der Waals surface area contributed by atoms with E-state index in [2.05, 4.69) is 14.9 Å². The molecule has 1 aromatic heterocycles. The van der Waals surface area contributed by atoms with Crippen LogP contribution in [0.25, 0.3) is 11.4 Å². The fraction of sp³-hybridized carbons (Fsp3) is 0.125. The van der Waals surface area contributed by atoms with Gasteiger partial charge in [-0.3, -0.25) is 4.72 Å². The summed E-state index contributed by atoms with van der Waals surface area (Å²) in [5.74, 6) is 0.522. The van der Waals surface area contributed by atoms with Crippen molar-refractivity contribution in [3.05, 3.63) is 60.0 Å². The van der Waals surface area contributed by atoms with E-state index in [9.17, 15) is 21.6 Å². The molecular formula is C16H12F3N3O3S. The van der Waals surface area contributed by atoms with Gasteiger partial charge in [-0.25, -0.2) is 8.42 Å². The maximum Gasteiger partial charge on any atom is 0.416 e. The normalized spacial score (nSPS) is 12.2. The molecule has 1 N–H and O–H groups in total. The molecule has 26 heavy (non-hydrogen) atoms. The van der Waals surface area contributed by atoms with Crippen LogP contribution in [-0.4, -0.2) is 18.6 Å². The molecule has 136 valence electrons. The zero-order valence-electron chi connectivity index (χ0n) is 13.3. The Kier molecular flexibility index (Phi) is 4.45. The first-order valence-corrected chi connectivity index (χ1v) is 8.74. The molecule has 0 amide bonds. The first-order valence-electron chi connectivity index (χ1n) is 7.26. The van der Waals surface area contributed by atoms with E-state index in [1.807, 2.05) is 0 Å². The number of alkyl halides is 3. The van der Waals surface area contributed by atoms with Crippen molar-refractivity contribution < 1.29 is 26.1 Å². The van der Waals surface area contributed by atoms with Crippen molar-refractivity contribution in [1.82, 2.24) is 10.1 Å². The van der Waals surface area contributed by atoms with E-state index in [1.54, 1.807) is 13.0 Å². The quantitative estimate of drug-likeness (QED) is 0.739. The van der Waals surface area contributed by atoms with Crippen LogP contribution < -0.4 is 4.72 Å². The van der Waals surface area contributed by atoms with Crippen molar-refractivity contribution in [3.63, 3.8) is 0 Å². The molecule has 0 saturated heterocycles. The van der Waals surface area contributed by atoms with Gasteiger partial charge >= 0.3 is 6.18 Å². The van der Waals surface area contributed by atoms with E-state index in [0.717, 1.165) is 18.2 Å². The van der Waals surface area contributed by atoms with Gasteiger partial charge in [-0.15, -0.1) is 0 Å². The molecule has 0 aliphatic rings. The second kappa shape index (κ2) is 6.45. The maximum atomic E-state index is 12.8. The van der Waals surface area contributed by atoms with Gasteiger partial charge in [0, 0.05) is 18.2 Å². The first kappa shape index (κ1) is 17.9. The monoisotopic (exact) mass is 383 g/mol. The van der Waals surface area contributed by atoms with Crippen LogP contribution in [0.5, 0.6) is 0 Å². The summed E-state index contributed by atoms with van der Waals surface area (Å²) in [5.41, 5.74) is -0.747. The molecule has 0 aliphatic carbocycles. The van der Waals surface area contributed by atoms with Crippen LogP contribution in [0.1, 0.15) is 11.5 Å². The lowest BCUT2D eigenvalue weighted by Crippen LogP contribution is -2.14. The second-order valence-corrected chi connectivity index (χ2v) is 7.03. The number of rotatable bonds is 4. The zero-order valence-corrected chi connectivity index (χ0v) is 14.1. The van der Waals surface area contributed by atoms with Crippen LogP contribution in [-0.2, 0) is 16.2 Å². The molecule has 0 radical (unpaired) electrons. The lowest BCUT2D eigenvalue weighted by atomic mass is 10.2. The standard InChI is InChI=1S/C16H12F3N3O3S/c1-10-20-15(21-25-10)11-4-2-7-14(8-11)26(23,24)22-13-6-3-5-12(9-13)16(17,18)19/h2-9,22H,1H3. The third-order valence-electron chi connectivity index (χ3n) is 3.37. The Bertz CT molecular complexity index is 1050. The molecule has 0 atom stereocenters. The van der Waals surface area contributed by atoms with Gasteiger partial charge in [-0.2, -0.15) is 18.2 Å². The van der Waals surface area contributed by atoms with E-state index >= 15 is 0 Å². The highest BCUT2D eigenvalue weighted by atomic mass is 32.2. The first-order chi connectivity index (χ1) is 12.1. The summed E-state index contributed by atoms with van der Waals surface area (Å²) in [4.78, 5) is 3.87. The van der Waals surface area contributed by atoms with Crippen LogP contribution in [0.4, 0.5) is 18.9 Å². The van der Waals surface area contributed by atoms with E-state index < -0.39 is 21.8 Å². The van der Waals surface area contributed by atoms with E-state index in [1.165, 1.54) is 24.3 Å². The predicted molar refractivity (Wildman–Crippen MR) is 86.7 cm³/mol. The molecule has 2 aromatic carbocycles. The highest BCUT2D eigenvalue weighted by Gasteiger charge is 2.30. The summed E-state index contributed by atoms with van der Waals surface area (Å²) in [6, 6.07) is 9.63. The number of hydrogen-bond acceptors (Lipinski definition) is 5. The lowest BCUT2D eigenvalue weighted by molar-refractivity contribution is -0.137. The number of hydrogen-bond donors (Lipinski definition) is 1. The van der Waals surface area contributed by atoms with Crippen LogP contribution in [0.3, 0.4) is 0 Å². The van der Waals surface area contributed by atoms with Gasteiger partial charge in [0.15, 0.2) is 0 Å². The molecule has 0 unspecified atom stereocenters. The molecule has 0 fully saturated rings. The van der Waals surface area contributed by atoms with Crippen LogP contribution in [0.2, 0.25) is 0 Å². The second-order valence-electron chi connectivity index (χ2n) is 5.35. The SMILES string of the molecule is Cc1nc(-c2cccc(S(=O)(=O)Nc3cccc(C(F)(F)F)c3)c2)no1. The molecule has 0 bridgehead atoms.